The van der Waals surface area contributed by atoms with E-state index in [0.717, 1.165) is 49.4 Å². The number of nitrogen functional groups attached to an aromatic ring is 1. The van der Waals surface area contributed by atoms with E-state index >= 15 is 0 Å². The van der Waals surface area contributed by atoms with Gasteiger partial charge in [0.25, 0.3) is 0 Å². The number of hydrazine groups is 1. The summed E-state index contributed by atoms with van der Waals surface area (Å²) >= 11 is 0. The molecule has 0 atom stereocenters. The van der Waals surface area contributed by atoms with Gasteiger partial charge in [0.15, 0.2) is 0 Å². The number of aliphatic hydroxyl groups is 1. The zero-order valence-electron chi connectivity index (χ0n) is 12.1. The molecule has 0 aliphatic heterocycles. The summed E-state index contributed by atoms with van der Waals surface area (Å²) in [5.41, 5.74) is 3.59. The minimum atomic E-state index is 0.261. The molecule has 1 rings (SSSR count). The largest absolute Gasteiger partial charge is 0.396 e. The predicted octanol–water partition coefficient (Wildman–Crippen LogP) is 1.23. The summed E-state index contributed by atoms with van der Waals surface area (Å²) in [7, 11) is 2.02. The Hall–Kier alpha value is -1.40. The van der Waals surface area contributed by atoms with Crippen molar-refractivity contribution >= 4 is 11.6 Å². The van der Waals surface area contributed by atoms with Gasteiger partial charge in [-0.05, 0) is 26.2 Å². The Labute approximate surface area is 115 Å². The number of hydrogen-bond donors (Lipinski definition) is 3. The molecule has 0 fully saturated rings. The Morgan fingerprint density at radius 1 is 1.26 bits per heavy atom. The van der Waals surface area contributed by atoms with E-state index in [0.29, 0.717) is 5.82 Å². The van der Waals surface area contributed by atoms with E-state index in [9.17, 15) is 0 Å². The van der Waals surface area contributed by atoms with Crippen LogP contribution in [0.15, 0.2) is 0 Å². The van der Waals surface area contributed by atoms with E-state index < -0.39 is 0 Å². The van der Waals surface area contributed by atoms with Crippen LogP contribution in [0.3, 0.4) is 0 Å². The molecular formula is C13H25N5O. The van der Waals surface area contributed by atoms with Gasteiger partial charge in [-0.1, -0.05) is 6.92 Å². The first kappa shape index (κ1) is 15.7. The average Bonchev–Trinajstić information content (AvgIpc) is 2.43. The Bertz CT molecular complexity index is 397. The topological polar surface area (TPSA) is 87.3 Å². The van der Waals surface area contributed by atoms with Crippen LogP contribution in [-0.4, -0.2) is 35.3 Å². The van der Waals surface area contributed by atoms with Crippen LogP contribution in [0.25, 0.3) is 0 Å². The zero-order chi connectivity index (χ0) is 14.3. The van der Waals surface area contributed by atoms with E-state index in [1.807, 2.05) is 20.9 Å². The van der Waals surface area contributed by atoms with Gasteiger partial charge in [-0.2, -0.15) is 0 Å². The Kier molecular flexibility index (Phi) is 6.52. The SMILES string of the molecule is CCc1nc(NN)c(C)c(N(C)CCCCCO)n1. The number of nitrogens with one attached hydrogen (secondary N) is 1. The number of anilines is 2. The van der Waals surface area contributed by atoms with Crippen LogP contribution in [0.2, 0.25) is 0 Å². The maximum Gasteiger partial charge on any atom is 0.148 e. The van der Waals surface area contributed by atoms with Crippen LogP contribution >= 0.6 is 0 Å². The molecule has 19 heavy (non-hydrogen) atoms. The summed E-state index contributed by atoms with van der Waals surface area (Å²) in [4.78, 5) is 11.0. The fourth-order valence-corrected chi connectivity index (χ4v) is 1.96. The van der Waals surface area contributed by atoms with Crippen molar-refractivity contribution in [2.45, 2.75) is 39.5 Å². The minimum absolute atomic E-state index is 0.261. The lowest BCUT2D eigenvalue weighted by atomic mass is 10.2. The van der Waals surface area contributed by atoms with E-state index in [1.54, 1.807) is 0 Å². The molecule has 0 amide bonds. The zero-order valence-corrected chi connectivity index (χ0v) is 12.1. The van der Waals surface area contributed by atoms with Crippen LogP contribution in [-0.2, 0) is 6.42 Å². The van der Waals surface area contributed by atoms with Gasteiger partial charge >= 0.3 is 0 Å². The fraction of sp³-hybridized carbons (Fsp3) is 0.692. The molecule has 6 nitrogen and oxygen atoms in total. The molecule has 108 valence electrons. The predicted molar refractivity (Wildman–Crippen MR) is 78.2 cm³/mol. The third-order valence-electron chi connectivity index (χ3n) is 3.13. The van der Waals surface area contributed by atoms with Gasteiger partial charge in [-0.25, -0.2) is 15.8 Å². The smallest absolute Gasteiger partial charge is 0.148 e. The highest BCUT2D eigenvalue weighted by Crippen LogP contribution is 2.22. The third-order valence-corrected chi connectivity index (χ3v) is 3.13. The molecule has 6 heteroatoms. The van der Waals surface area contributed by atoms with Gasteiger partial charge in [0.2, 0.25) is 0 Å². The molecule has 0 spiro atoms. The van der Waals surface area contributed by atoms with Crippen molar-refractivity contribution in [2.75, 3.05) is 30.5 Å². The number of rotatable bonds is 8. The quantitative estimate of drug-likeness (QED) is 0.373. The highest BCUT2D eigenvalue weighted by atomic mass is 16.2. The molecule has 1 heterocycles. The highest BCUT2D eigenvalue weighted by Gasteiger charge is 2.12. The van der Waals surface area contributed by atoms with Crippen LogP contribution in [0, 0.1) is 6.92 Å². The van der Waals surface area contributed by atoms with Gasteiger partial charge in [-0.3, -0.25) is 0 Å². The molecular weight excluding hydrogens is 242 g/mol. The van der Waals surface area contributed by atoms with Gasteiger partial charge in [-0.15, -0.1) is 0 Å². The first-order valence-corrected chi connectivity index (χ1v) is 6.80. The molecule has 0 aliphatic carbocycles. The van der Waals surface area contributed by atoms with E-state index in [4.69, 9.17) is 10.9 Å². The second-order valence-electron chi connectivity index (χ2n) is 4.64. The van der Waals surface area contributed by atoms with Crippen molar-refractivity contribution in [3.05, 3.63) is 11.4 Å². The molecule has 0 aromatic carbocycles. The second kappa shape index (κ2) is 7.91. The van der Waals surface area contributed by atoms with Crippen molar-refractivity contribution in [1.29, 1.82) is 0 Å². The van der Waals surface area contributed by atoms with Crippen molar-refractivity contribution in [3.8, 4) is 0 Å². The summed E-state index contributed by atoms with van der Waals surface area (Å²) < 4.78 is 0. The van der Waals surface area contributed by atoms with Crippen molar-refractivity contribution in [1.82, 2.24) is 9.97 Å². The van der Waals surface area contributed by atoms with Crippen molar-refractivity contribution < 1.29 is 5.11 Å². The molecule has 1 aromatic heterocycles. The fourth-order valence-electron chi connectivity index (χ4n) is 1.96. The van der Waals surface area contributed by atoms with Crippen molar-refractivity contribution in [2.24, 2.45) is 5.84 Å². The van der Waals surface area contributed by atoms with Gasteiger partial charge in [0.05, 0.1) is 0 Å². The van der Waals surface area contributed by atoms with Gasteiger partial charge < -0.3 is 15.4 Å². The van der Waals surface area contributed by atoms with Gasteiger partial charge in [0.1, 0.15) is 17.5 Å². The maximum absolute atomic E-state index is 8.77. The maximum atomic E-state index is 8.77. The molecule has 4 N–H and O–H groups in total. The monoisotopic (exact) mass is 267 g/mol. The van der Waals surface area contributed by atoms with Crippen LogP contribution in [0.4, 0.5) is 11.6 Å². The van der Waals surface area contributed by atoms with Crippen molar-refractivity contribution in [3.63, 3.8) is 0 Å². The lowest BCUT2D eigenvalue weighted by Crippen LogP contribution is -2.23. The number of aryl methyl sites for hydroxylation is 1. The standard InChI is InChI=1S/C13H25N5O/c1-4-11-15-12(17-14)10(2)13(16-11)18(3)8-6-5-7-9-19/h19H,4-9,14H2,1-3H3,(H,15,16,17). The minimum Gasteiger partial charge on any atom is -0.396 e. The number of hydrogen-bond acceptors (Lipinski definition) is 6. The first-order chi connectivity index (χ1) is 9.13. The third kappa shape index (κ3) is 4.33. The molecule has 0 unspecified atom stereocenters. The average molecular weight is 267 g/mol. The Morgan fingerprint density at radius 3 is 2.58 bits per heavy atom. The normalized spacial score (nSPS) is 10.6. The summed E-state index contributed by atoms with van der Waals surface area (Å²) in [5.74, 6) is 7.89. The van der Waals surface area contributed by atoms with Gasteiger partial charge in [0, 0.05) is 32.2 Å². The van der Waals surface area contributed by atoms with E-state index in [-0.39, 0.29) is 6.61 Å². The number of nitrogens with two attached hydrogens (primary N) is 1. The van der Waals surface area contributed by atoms with Crippen LogP contribution < -0.4 is 16.2 Å². The summed E-state index contributed by atoms with van der Waals surface area (Å²) in [5, 5.41) is 8.77. The lowest BCUT2D eigenvalue weighted by Gasteiger charge is -2.22. The number of nitrogens with zero attached hydrogens (tertiary/aromatic N) is 3. The number of aromatic nitrogens is 2. The lowest BCUT2D eigenvalue weighted by molar-refractivity contribution is 0.283. The summed E-state index contributed by atoms with van der Waals surface area (Å²) in [6.07, 6.45) is 3.69. The number of unbranched alkanes of at least 4 members (excludes halogenated alkanes) is 2. The molecule has 0 saturated carbocycles. The molecule has 0 saturated heterocycles. The molecule has 0 radical (unpaired) electrons. The molecule has 0 bridgehead atoms. The number of aliphatic hydroxyl groups excluding tert-OH is 1. The second-order valence-corrected chi connectivity index (χ2v) is 4.64. The Balaban J connectivity index is 2.79. The molecule has 1 aromatic rings. The Morgan fingerprint density at radius 2 is 2.00 bits per heavy atom. The summed E-state index contributed by atoms with van der Waals surface area (Å²) in [6.45, 7) is 5.16. The van der Waals surface area contributed by atoms with Crippen LogP contribution in [0.5, 0.6) is 0 Å². The molecule has 0 aliphatic rings. The highest BCUT2D eigenvalue weighted by molar-refractivity contribution is 5.57. The van der Waals surface area contributed by atoms with Crippen LogP contribution in [0.1, 0.15) is 37.6 Å². The van der Waals surface area contributed by atoms with E-state index in [1.165, 1.54) is 0 Å². The first-order valence-electron chi connectivity index (χ1n) is 6.80. The van der Waals surface area contributed by atoms with E-state index in [2.05, 4.69) is 20.3 Å². The summed E-state index contributed by atoms with van der Waals surface area (Å²) in [6, 6.07) is 0.